The molecule has 1 aliphatic heterocycles. The molecule has 0 aromatic carbocycles. The zero-order valence-electron chi connectivity index (χ0n) is 7.32. The van der Waals surface area contributed by atoms with Gasteiger partial charge in [0.1, 0.15) is 5.37 Å². The molecule has 1 heterocycles. The SMILES string of the molecule is CCC(N1CCNCC1)S(=O)O. The quantitative estimate of drug-likeness (QED) is 0.611. The van der Waals surface area contributed by atoms with Crippen molar-refractivity contribution in [3.8, 4) is 0 Å². The summed E-state index contributed by atoms with van der Waals surface area (Å²) in [5.41, 5.74) is 0. The molecule has 12 heavy (non-hydrogen) atoms. The van der Waals surface area contributed by atoms with Gasteiger partial charge in [-0.1, -0.05) is 6.92 Å². The monoisotopic (exact) mass is 192 g/mol. The van der Waals surface area contributed by atoms with Gasteiger partial charge in [-0.3, -0.25) is 4.90 Å². The maximum atomic E-state index is 10.9. The van der Waals surface area contributed by atoms with Crippen LogP contribution in [0.2, 0.25) is 0 Å². The van der Waals surface area contributed by atoms with Crippen molar-refractivity contribution in [3.63, 3.8) is 0 Å². The van der Waals surface area contributed by atoms with Gasteiger partial charge < -0.3 is 9.87 Å². The van der Waals surface area contributed by atoms with Crippen LogP contribution in [0.25, 0.3) is 0 Å². The lowest BCUT2D eigenvalue weighted by atomic mass is 10.3. The molecule has 1 saturated heterocycles. The molecular weight excluding hydrogens is 176 g/mol. The molecule has 72 valence electrons. The summed E-state index contributed by atoms with van der Waals surface area (Å²) in [6.45, 7) is 5.55. The minimum Gasteiger partial charge on any atom is -0.314 e. The van der Waals surface area contributed by atoms with Crippen LogP contribution in [0.5, 0.6) is 0 Å². The normalized spacial score (nSPS) is 25.2. The number of nitrogens with zero attached hydrogens (tertiary/aromatic N) is 1. The Morgan fingerprint density at radius 3 is 2.58 bits per heavy atom. The molecule has 0 spiro atoms. The third kappa shape index (κ3) is 2.52. The van der Waals surface area contributed by atoms with Crippen LogP contribution in [0.1, 0.15) is 13.3 Å². The molecule has 4 nitrogen and oxygen atoms in total. The number of piperazine rings is 1. The second-order valence-electron chi connectivity index (χ2n) is 2.93. The molecule has 0 aromatic heterocycles. The van der Waals surface area contributed by atoms with Crippen molar-refractivity contribution in [1.82, 2.24) is 10.2 Å². The first-order valence-electron chi connectivity index (χ1n) is 4.30. The molecule has 1 aliphatic rings. The summed E-state index contributed by atoms with van der Waals surface area (Å²) >= 11 is -1.70. The lowest BCUT2D eigenvalue weighted by Gasteiger charge is -2.31. The van der Waals surface area contributed by atoms with Crippen molar-refractivity contribution in [1.29, 1.82) is 0 Å². The second-order valence-corrected chi connectivity index (χ2v) is 4.02. The Morgan fingerprint density at radius 2 is 2.17 bits per heavy atom. The van der Waals surface area contributed by atoms with Gasteiger partial charge in [-0.25, -0.2) is 4.21 Å². The standard InChI is InChI=1S/C7H16N2O2S/c1-2-7(12(10)11)9-5-3-8-4-6-9/h7-8H,2-6H2,1H3,(H,10,11). The highest BCUT2D eigenvalue weighted by molar-refractivity contribution is 7.79. The van der Waals surface area contributed by atoms with E-state index in [0.29, 0.717) is 0 Å². The minimum atomic E-state index is -1.70. The molecule has 0 aliphatic carbocycles. The van der Waals surface area contributed by atoms with Gasteiger partial charge >= 0.3 is 0 Å². The van der Waals surface area contributed by atoms with E-state index in [9.17, 15) is 4.21 Å². The van der Waals surface area contributed by atoms with Crippen molar-refractivity contribution < 1.29 is 8.76 Å². The third-order valence-electron chi connectivity index (χ3n) is 2.14. The smallest absolute Gasteiger partial charge is 0.170 e. The highest BCUT2D eigenvalue weighted by atomic mass is 32.2. The number of hydrogen-bond acceptors (Lipinski definition) is 3. The molecule has 1 fully saturated rings. The number of nitrogens with one attached hydrogen (secondary N) is 1. The van der Waals surface area contributed by atoms with E-state index in [0.717, 1.165) is 32.6 Å². The maximum absolute atomic E-state index is 10.9. The largest absolute Gasteiger partial charge is 0.314 e. The second kappa shape index (κ2) is 4.91. The first kappa shape index (κ1) is 10.1. The van der Waals surface area contributed by atoms with E-state index in [-0.39, 0.29) is 5.37 Å². The summed E-state index contributed by atoms with van der Waals surface area (Å²) in [7, 11) is 0. The fraction of sp³-hybridized carbons (Fsp3) is 1.00. The van der Waals surface area contributed by atoms with Crippen LogP contribution in [0.3, 0.4) is 0 Å². The lowest BCUT2D eigenvalue weighted by Crippen LogP contribution is -2.49. The molecule has 1 rings (SSSR count). The van der Waals surface area contributed by atoms with Crippen molar-refractivity contribution in [2.75, 3.05) is 26.2 Å². The average molecular weight is 192 g/mol. The van der Waals surface area contributed by atoms with Crippen LogP contribution in [-0.4, -0.2) is 45.2 Å². The Kier molecular flexibility index (Phi) is 4.14. The summed E-state index contributed by atoms with van der Waals surface area (Å²) in [4.78, 5) is 2.08. The van der Waals surface area contributed by atoms with Crippen molar-refractivity contribution in [2.24, 2.45) is 0 Å². The van der Waals surface area contributed by atoms with E-state index < -0.39 is 11.1 Å². The van der Waals surface area contributed by atoms with E-state index in [2.05, 4.69) is 10.2 Å². The minimum absolute atomic E-state index is 0.174. The average Bonchev–Trinajstić information content (AvgIpc) is 2.07. The Labute approximate surface area is 75.6 Å². The predicted octanol–water partition coefficient (Wildman–Crippen LogP) is -0.151. The van der Waals surface area contributed by atoms with Gasteiger partial charge in [0.2, 0.25) is 0 Å². The molecule has 2 atom stereocenters. The van der Waals surface area contributed by atoms with Crippen molar-refractivity contribution in [2.45, 2.75) is 18.7 Å². The van der Waals surface area contributed by atoms with E-state index in [1.807, 2.05) is 6.92 Å². The summed E-state index contributed by atoms with van der Waals surface area (Å²) < 4.78 is 19.9. The van der Waals surface area contributed by atoms with Gasteiger partial charge in [-0.05, 0) is 6.42 Å². The summed E-state index contributed by atoms with van der Waals surface area (Å²) in [6, 6.07) is 0. The molecule has 2 unspecified atom stereocenters. The zero-order valence-corrected chi connectivity index (χ0v) is 8.14. The van der Waals surface area contributed by atoms with E-state index in [1.54, 1.807) is 0 Å². The van der Waals surface area contributed by atoms with Crippen molar-refractivity contribution >= 4 is 11.1 Å². The maximum Gasteiger partial charge on any atom is 0.170 e. The van der Waals surface area contributed by atoms with Gasteiger partial charge in [-0.15, -0.1) is 0 Å². The van der Waals surface area contributed by atoms with E-state index in [4.69, 9.17) is 4.55 Å². The molecule has 0 radical (unpaired) electrons. The molecule has 0 saturated carbocycles. The summed E-state index contributed by atoms with van der Waals surface area (Å²) in [5, 5.41) is 3.04. The Hall–Kier alpha value is 0.0300. The lowest BCUT2D eigenvalue weighted by molar-refractivity contribution is 0.212. The zero-order chi connectivity index (χ0) is 8.97. The highest BCUT2D eigenvalue weighted by Crippen LogP contribution is 2.07. The first-order valence-corrected chi connectivity index (χ1v) is 5.47. The summed E-state index contributed by atoms with van der Waals surface area (Å²) in [6.07, 6.45) is 0.739. The molecule has 0 aromatic rings. The predicted molar refractivity (Wildman–Crippen MR) is 49.3 cm³/mol. The Bertz CT molecular complexity index is 159. The van der Waals surface area contributed by atoms with Crippen LogP contribution in [0.4, 0.5) is 0 Å². The van der Waals surface area contributed by atoms with Gasteiger partial charge in [0.25, 0.3) is 0 Å². The van der Waals surface area contributed by atoms with E-state index in [1.165, 1.54) is 0 Å². The topological polar surface area (TPSA) is 52.6 Å². The van der Waals surface area contributed by atoms with Crippen LogP contribution < -0.4 is 5.32 Å². The van der Waals surface area contributed by atoms with Crippen molar-refractivity contribution in [3.05, 3.63) is 0 Å². The number of hydrogen-bond donors (Lipinski definition) is 2. The molecule has 0 bridgehead atoms. The van der Waals surface area contributed by atoms with Crippen LogP contribution in [-0.2, 0) is 11.1 Å². The highest BCUT2D eigenvalue weighted by Gasteiger charge is 2.22. The Morgan fingerprint density at radius 1 is 1.58 bits per heavy atom. The van der Waals surface area contributed by atoms with Gasteiger partial charge in [0.05, 0.1) is 0 Å². The fourth-order valence-corrected chi connectivity index (χ4v) is 2.25. The molecular formula is C7H16N2O2S. The van der Waals surface area contributed by atoms with Gasteiger partial charge in [-0.2, -0.15) is 0 Å². The first-order chi connectivity index (χ1) is 5.75. The Balaban J connectivity index is 2.46. The van der Waals surface area contributed by atoms with Crippen LogP contribution >= 0.6 is 0 Å². The molecule has 5 heteroatoms. The summed E-state index contributed by atoms with van der Waals surface area (Å²) in [5.74, 6) is 0. The third-order valence-corrected chi connectivity index (χ3v) is 3.24. The van der Waals surface area contributed by atoms with E-state index >= 15 is 0 Å². The molecule has 0 amide bonds. The van der Waals surface area contributed by atoms with Crippen LogP contribution in [0, 0.1) is 0 Å². The molecule has 2 N–H and O–H groups in total. The van der Waals surface area contributed by atoms with Gasteiger partial charge in [0, 0.05) is 26.2 Å². The van der Waals surface area contributed by atoms with Gasteiger partial charge in [0.15, 0.2) is 11.1 Å². The fourth-order valence-electron chi connectivity index (χ4n) is 1.50. The van der Waals surface area contributed by atoms with Crippen LogP contribution in [0.15, 0.2) is 0 Å². The number of rotatable bonds is 3.